The van der Waals surface area contributed by atoms with E-state index in [9.17, 15) is 9.59 Å². The molecule has 4 nitrogen and oxygen atoms in total. The van der Waals surface area contributed by atoms with Crippen LogP contribution in [0.15, 0.2) is 24.3 Å². The normalized spacial score (nSPS) is 16.8. The topological polar surface area (TPSA) is 55.4 Å². The van der Waals surface area contributed by atoms with Crippen LogP contribution in [0.25, 0.3) is 0 Å². The van der Waals surface area contributed by atoms with Crippen LogP contribution in [0.1, 0.15) is 64.9 Å². The summed E-state index contributed by atoms with van der Waals surface area (Å²) in [5.74, 6) is -0.201. The zero-order valence-electron chi connectivity index (χ0n) is 16.3. The highest BCUT2D eigenvalue weighted by Crippen LogP contribution is 2.28. The molecule has 0 heterocycles. The van der Waals surface area contributed by atoms with Crippen LogP contribution in [0.5, 0.6) is 0 Å². The van der Waals surface area contributed by atoms with Crippen LogP contribution in [0.2, 0.25) is 0 Å². The van der Waals surface area contributed by atoms with E-state index < -0.39 is 17.6 Å². The molecule has 1 unspecified atom stereocenters. The van der Waals surface area contributed by atoms with Gasteiger partial charge in [-0.1, -0.05) is 50.3 Å². The lowest BCUT2D eigenvalue weighted by Crippen LogP contribution is -2.43. The number of carbonyl (C=O) groups excluding carboxylic acids is 2. The smallest absolute Gasteiger partial charge is 0.336 e. The van der Waals surface area contributed by atoms with Crippen molar-refractivity contribution >= 4 is 17.4 Å². The number of hydrogen-bond donors (Lipinski definition) is 1. The highest BCUT2D eigenvalue weighted by molar-refractivity contribution is 6.06. The molecule has 0 aliphatic heterocycles. The van der Waals surface area contributed by atoms with E-state index >= 15 is 0 Å². The molecule has 1 aliphatic carbocycles. The second-order valence-electron chi connectivity index (χ2n) is 8.19. The predicted octanol–water partition coefficient (Wildman–Crippen LogP) is 4.72. The van der Waals surface area contributed by atoms with Crippen LogP contribution in [0.4, 0.5) is 5.69 Å². The van der Waals surface area contributed by atoms with Gasteiger partial charge in [0.1, 0.15) is 5.60 Å². The Morgan fingerprint density at radius 1 is 1.19 bits per heavy atom. The van der Waals surface area contributed by atoms with Crippen LogP contribution in [-0.4, -0.2) is 23.4 Å². The van der Waals surface area contributed by atoms with Gasteiger partial charge in [-0.3, -0.25) is 4.79 Å². The monoisotopic (exact) mass is 358 g/mol. The third-order valence-corrected chi connectivity index (χ3v) is 4.77. The number of esters is 1. The zero-order valence-corrected chi connectivity index (χ0v) is 16.3. The molecule has 0 bridgehead atoms. The lowest BCUT2D eigenvalue weighted by Gasteiger charge is -2.27. The molecule has 1 aromatic carbocycles. The Hall–Kier alpha value is -1.84. The van der Waals surface area contributed by atoms with Crippen LogP contribution in [0, 0.1) is 12.8 Å². The Kier molecular flexibility index (Phi) is 7.24. The van der Waals surface area contributed by atoms with Crippen molar-refractivity contribution in [3.63, 3.8) is 0 Å². The Morgan fingerprint density at radius 2 is 1.85 bits per heavy atom. The number of ether oxygens (including phenoxy) is 1. The molecule has 4 heteroatoms. The molecule has 0 spiro atoms. The molecule has 143 valence electrons. The van der Waals surface area contributed by atoms with Crippen molar-refractivity contribution in [2.75, 3.05) is 5.32 Å². The summed E-state index contributed by atoms with van der Waals surface area (Å²) in [4.78, 5) is 25.7. The fraction of sp³-hybridized carbons (Fsp3) is 0.591. The Balaban J connectivity index is 2.17. The molecule has 2 rings (SSSR count). The van der Waals surface area contributed by atoms with Gasteiger partial charge in [0, 0.05) is 12.1 Å². The van der Waals surface area contributed by atoms with Gasteiger partial charge in [0.25, 0.3) is 0 Å². The molecule has 0 aromatic heterocycles. The van der Waals surface area contributed by atoms with Crippen molar-refractivity contribution in [2.24, 2.45) is 5.92 Å². The van der Waals surface area contributed by atoms with Gasteiger partial charge in [-0.05, 0) is 51.7 Å². The first-order valence-corrected chi connectivity index (χ1v) is 9.69. The van der Waals surface area contributed by atoms with E-state index in [2.05, 4.69) is 12.2 Å². The molecule has 0 saturated heterocycles. The average Bonchev–Trinajstić information content (AvgIpc) is 2.59. The van der Waals surface area contributed by atoms with Crippen molar-refractivity contribution in [1.82, 2.24) is 0 Å². The second kappa shape index (κ2) is 9.20. The van der Waals surface area contributed by atoms with Gasteiger partial charge in [-0.2, -0.15) is 0 Å². The quantitative estimate of drug-likeness (QED) is 0.566. The number of benzene rings is 1. The lowest BCUT2D eigenvalue weighted by molar-refractivity contribution is -0.157. The molecule has 0 amide bonds. The van der Waals surface area contributed by atoms with Gasteiger partial charge in [0.05, 0.1) is 0 Å². The predicted molar refractivity (Wildman–Crippen MR) is 105 cm³/mol. The first-order valence-electron chi connectivity index (χ1n) is 9.69. The van der Waals surface area contributed by atoms with Crippen molar-refractivity contribution in [2.45, 2.75) is 77.4 Å². The minimum absolute atomic E-state index is 0.0787. The molecule has 1 saturated carbocycles. The van der Waals surface area contributed by atoms with E-state index in [-0.39, 0.29) is 5.78 Å². The summed E-state index contributed by atoms with van der Waals surface area (Å²) in [5, 5.41) is 3.15. The molecule has 1 radical (unpaired) electrons. The van der Waals surface area contributed by atoms with E-state index in [4.69, 9.17) is 4.74 Å². The standard InChI is InChI=1S/C22H32NO3/c1-5-17-13-9-10-14-18(17)23-20(21(25)26-22(2,3)4)19(24)15-16-11-7-6-8-12-16/h9-10,13-14,16,20,23H,1,5-8,11-12,15H2,2-4H3. The maximum absolute atomic E-state index is 13.0. The first kappa shape index (κ1) is 20.5. The summed E-state index contributed by atoms with van der Waals surface area (Å²) in [6.45, 7) is 9.38. The molecule has 1 N–H and O–H groups in total. The Labute approximate surface area is 157 Å². The number of para-hydroxylation sites is 1. The summed E-state index contributed by atoms with van der Waals surface area (Å²) in [5.41, 5.74) is 1.12. The summed E-state index contributed by atoms with van der Waals surface area (Å²) < 4.78 is 5.52. The first-order chi connectivity index (χ1) is 12.3. The van der Waals surface area contributed by atoms with Gasteiger partial charge < -0.3 is 10.1 Å². The van der Waals surface area contributed by atoms with E-state index in [1.807, 2.05) is 45.0 Å². The average molecular weight is 359 g/mol. The van der Waals surface area contributed by atoms with Gasteiger partial charge >= 0.3 is 5.97 Å². The van der Waals surface area contributed by atoms with Gasteiger partial charge in [0.15, 0.2) is 11.8 Å². The van der Waals surface area contributed by atoms with Crippen LogP contribution < -0.4 is 5.32 Å². The summed E-state index contributed by atoms with van der Waals surface area (Å²) in [6.07, 6.45) is 6.75. The van der Waals surface area contributed by atoms with E-state index in [0.29, 0.717) is 18.8 Å². The van der Waals surface area contributed by atoms with E-state index in [1.165, 1.54) is 19.3 Å². The number of carbonyl (C=O) groups is 2. The van der Waals surface area contributed by atoms with Crippen molar-refractivity contribution < 1.29 is 14.3 Å². The van der Waals surface area contributed by atoms with Crippen molar-refractivity contribution in [1.29, 1.82) is 0 Å². The molecular formula is C22H32NO3. The number of nitrogens with one attached hydrogen (secondary N) is 1. The fourth-order valence-corrected chi connectivity index (χ4v) is 3.46. The van der Waals surface area contributed by atoms with Crippen molar-refractivity contribution in [3.05, 3.63) is 36.8 Å². The lowest BCUT2D eigenvalue weighted by atomic mass is 9.84. The highest BCUT2D eigenvalue weighted by Gasteiger charge is 2.33. The fourth-order valence-electron chi connectivity index (χ4n) is 3.46. The third-order valence-electron chi connectivity index (χ3n) is 4.77. The Morgan fingerprint density at radius 3 is 2.46 bits per heavy atom. The number of ketones is 1. The summed E-state index contributed by atoms with van der Waals surface area (Å²) >= 11 is 0. The highest BCUT2D eigenvalue weighted by atomic mass is 16.6. The second-order valence-corrected chi connectivity index (χ2v) is 8.19. The number of rotatable bonds is 7. The largest absolute Gasteiger partial charge is 0.458 e. The van der Waals surface area contributed by atoms with Crippen molar-refractivity contribution in [3.8, 4) is 0 Å². The minimum Gasteiger partial charge on any atom is -0.458 e. The third kappa shape index (κ3) is 6.15. The SMILES string of the molecule is [CH2]Cc1ccccc1NC(C(=O)CC1CCCCC1)C(=O)OC(C)(C)C. The van der Waals surface area contributed by atoms with Gasteiger partial charge in [-0.25, -0.2) is 4.79 Å². The summed E-state index contributed by atoms with van der Waals surface area (Å²) in [7, 11) is 0. The number of Topliss-reactive ketones (excluding diaryl/α,β-unsaturated/α-hetero) is 1. The number of anilines is 1. The summed E-state index contributed by atoms with van der Waals surface area (Å²) in [6, 6.07) is 6.68. The van der Waals surface area contributed by atoms with E-state index in [0.717, 1.165) is 24.1 Å². The molecular weight excluding hydrogens is 326 g/mol. The Bertz CT molecular complexity index is 612. The van der Waals surface area contributed by atoms with Crippen LogP contribution >= 0.6 is 0 Å². The minimum atomic E-state index is -0.969. The molecule has 26 heavy (non-hydrogen) atoms. The molecule has 1 fully saturated rings. The molecule has 1 aromatic rings. The van der Waals surface area contributed by atoms with Gasteiger partial charge in [-0.15, -0.1) is 0 Å². The van der Waals surface area contributed by atoms with E-state index in [1.54, 1.807) is 0 Å². The number of hydrogen-bond acceptors (Lipinski definition) is 4. The van der Waals surface area contributed by atoms with Crippen LogP contribution in [0.3, 0.4) is 0 Å². The molecule has 1 atom stereocenters. The zero-order chi connectivity index (χ0) is 19.2. The maximum atomic E-state index is 13.0. The van der Waals surface area contributed by atoms with Gasteiger partial charge in [0.2, 0.25) is 0 Å². The maximum Gasteiger partial charge on any atom is 0.336 e. The van der Waals surface area contributed by atoms with Crippen LogP contribution in [-0.2, 0) is 20.7 Å². The molecule has 1 aliphatic rings.